The number of nitrogens with one attached hydrogen (secondary N) is 1. The fraction of sp³-hybridized carbons (Fsp3) is 0.120. The molecule has 1 N–H and O–H groups in total. The van der Waals surface area contributed by atoms with Crippen LogP contribution >= 0.6 is 0 Å². The molecule has 150 valence electrons. The van der Waals surface area contributed by atoms with Crippen molar-refractivity contribution >= 4 is 28.5 Å². The number of carbonyl (C=O) groups excluding carboxylic acids is 2. The molecule has 5 heteroatoms. The number of hydrogen-bond donors (Lipinski definition) is 1. The maximum absolute atomic E-state index is 12.7. The number of hydrogen-bond acceptors (Lipinski definition) is 4. The summed E-state index contributed by atoms with van der Waals surface area (Å²) in [4.78, 5) is 25.3. The van der Waals surface area contributed by atoms with E-state index in [0.29, 0.717) is 16.8 Å². The molecule has 1 atom stereocenters. The second-order valence-corrected chi connectivity index (χ2v) is 7.00. The Hall–Kier alpha value is -3.86. The van der Waals surface area contributed by atoms with Crippen molar-refractivity contribution in [1.29, 1.82) is 0 Å². The van der Waals surface area contributed by atoms with Gasteiger partial charge in [-0.05, 0) is 31.5 Å². The minimum Gasteiger partial charge on any atom is -0.449 e. The van der Waals surface area contributed by atoms with Crippen LogP contribution in [0.15, 0.2) is 83.3 Å². The van der Waals surface area contributed by atoms with Crippen molar-refractivity contribution in [2.75, 3.05) is 5.32 Å². The summed E-state index contributed by atoms with van der Waals surface area (Å²) in [5, 5.41) is 3.71. The summed E-state index contributed by atoms with van der Waals surface area (Å²) in [6, 6.07) is 24.6. The van der Waals surface area contributed by atoms with Crippen LogP contribution in [0.25, 0.3) is 22.1 Å². The molecule has 1 heterocycles. The van der Waals surface area contributed by atoms with Gasteiger partial charge in [0.05, 0.1) is 0 Å². The lowest BCUT2D eigenvalue weighted by molar-refractivity contribution is -0.123. The van der Waals surface area contributed by atoms with Crippen LogP contribution in [0.3, 0.4) is 0 Å². The highest BCUT2D eigenvalue weighted by molar-refractivity contribution is 6.01. The van der Waals surface area contributed by atoms with Gasteiger partial charge in [0.25, 0.3) is 5.91 Å². The highest BCUT2D eigenvalue weighted by atomic mass is 16.6. The summed E-state index contributed by atoms with van der Waals surface area (Å²) >= 11 is 0. The fourth-order valence-electron chi connectivity index (χ4n) is 3.33. The van der Waals surface area contributed by atoms with Crippen LogP contribution in [0.1, 0.15) is 23.0 Å². The lowest BCUT2D eigenvalue weighted by Gasteiger charge is -2.15. The molecule has 0 bridgehead atoms. The van der Waals surface area contributed by atoms with Crippen LogP contribution < -0.4 is 5.32 Å². The third kappa shape index (κ3) is 3.82. The molecule has 0 unspecified atom stereocenters. The molecule has 0 saturated carbocycles. The molecule has 0 radical (unpaired) electrons. The molecule has 4 aromatic rings. The zero-order chi connectivity index (χ0) is 21.1. The molecule has 0 aliphatic rings. The SMILES string of the molecule is Cc1c(C(=O)O[C@H](C)C(=O)Nc2ccccc2-c2ccccc2)oc2ccccc12. The van der Waals surface area contributed by atoms with Gasteiger partial charge in [-0.3, -0.25) is 4.79 Å². The Labute approximate surface area is 174 Å². The normalized spacial score (nSPS) is 11.8. The standard InChI is InChI=1S/C25H21NO4/c1-16-19-12-7-9-15-22(19)30-23(16)25(28)29-17(2)24(27)26-21-14-8-6-13-20(21)18-10-4-3-5-11-18/h3-15,17H,1-2H3,(H,26,27)/t17-/m1/s1. The molecule has 30 heavy (non-hydrogen) atoms. The first-order valence-corrected chi connectivity index (χ1v) is 9.69. The van der Waals surface area contributed by atoms with Gasteiger partial charge in [-0.1, -0.05) is 66.7 Å². The van der Waals surface area contributed by atoms with E-state index in [-0.39, 0.29) is 5.76 Å². The maximum atomic E-state index is 12.7. The average Bonchev–Trinajstić information content (AvgIpc) is 3.11. The number of esters is 1. The van der Waals surface area contributed by atoms with Crippen LogP contribution in [0.4, 0.5) is 5.69 Å². The second kappa shape index (κ2) is 8.25. The molecule has 5 nitrogen and oxygen atoms in total. The van der Waals surface area contributed by atoms with Gasteiger partial charge >= 0.3 is 5.97 Å². The summed E-state index contributed by atoms with van der Waals surface area (Å²) in [7, 11) is 0. The molecule has 1 amide bonds. The van der Waals surface area contributed by atoms with E-state index in [4.69, 9.17) is 9.15 Å². The Bertz CT molecular complexity index is 1210. The second-order valence-electron chi connectivity index (χ2n) is 7.00. The first-order valence-electron chi connectivity index (χ1n) is 9.69. The van der Waals surface area contributed by atoms with Crippen LogP contribution in [-0.2, 0) is 9.53 Å². The van der Waals surface area contributed by atoms with Crippen molar-refractivity contribution in [2.45, 2.75) is 20.0 Å². The van der Waals surface area contributed by atoms with E-state index in [0.717, 1.165) is 16.5 Å². The third-order valence-corrected chi connectivity index (χ3v) is 4.95. The van der Waals surface area contributed by atoms with Gasteiger partial charge in [0.15, 0.2) is 6.10 Å². The highest BCUT2D eigenvalue weighted by Gasteiger charge is 2.24. The Kier molecular flexibility index (Phi) is 5.35. The number of benzene rings is 3. The Morgan fingerprint density at radius 3 is 2.33 bits per heavy atom. The average molecular weight is 399 g/mol. The van der Waals surface area contributed by atoms with E-state index in [9.17, 15) is 9.59 Å². The van der Waals surface area contributed by atoms with Crippen molar-refractivity contribution in [3.8, 4) is 11.1 Å². The minimum atomic E-state index is -0.992. The topological polar surface area (TPSA) is 68.5 Å². The van der Waals surface area contributed by atoms with E-state index in [1.807, 2.05) is 72.8 Å². The monoisotopic (exact) mass is 399 g/mol. The number of amides is 1. The molecule has 1 aromatic heterocycles. The number of carbonyl (C=O) groups is 2. The molecule has 0 saturated heterocycles. The highest BCUT2D eigenvalue weighted by Crippen LogP contribution is 2.28. The zero-order valence-corrected chi connectivity index (χ0v) is 16.7. The third-order valence-electron chi connectivity index (χ3n) is 4.95. The van der Waals surface area contributed by atoms with Crippen molar-refractivity contribution < 1.29 is 18.7 Å². The van der Waals surface area contributed by atoms with Crippen LogP contribution in [0, 0.1) is 6.92 Å². The Morgan fingerprint density at radius 2 is 1.57 bits per heavy atom. The predicted molar refractivity (Wildman–Crippen MR) is 116 cm³/mol. The molecule has 0 aliphatic heterocycles. The van der Waals surface area contributed by atoms with Crippen LogP contribution in [-0.4, -0.2) is 18.0 Å². The maximum Gasteiger partial charge on any atom is 0.375 e. The molecular formula is C25H21NO4. The first-order chi connectivity index (χ1) is 14.5. The van der Waals surface area contributed by atoms with Crippen LogP contribution in [0.5, 0.6) is 0 Å². The first kappa shape index (κ1) is 19.5. The summed E-state index contributed by atoms with van der Waals surface area (Å²) in [5.74, 6) is -0.969. The van der Waals surface area contributed by atoms with E-state index < -0.39 is 18.0 Å². The van der Waals surface area contributed by atoms with Crippen molar-refractivity contribution in [2.24, 2.45) is 0 Å². The van der Waals surface area contributed by atoms with Gasteiger partial charge in [0.2, 0.25) is 5.76 Å². The molecule has 0 aliphatic carbocycles. The van der Waals surface area contributed by atoms with Gasteiger partial charge in [-0.2, -0.15) is 0 Å². The Balaban J connectivity index is 1.50. The summed E-state index contributed by atoms with van der Waals surface area (Å²) in [6.07, 6.45) is -0.992. The van der Waals surface area contributed by atoms with Gasteiger partial charge in [-0.25, -0.2) is 4.79 Å². The molecule has 4 rings (SSSR count). The lowest BCUT2D eigenvalue weighted by Crippen LogP contribution is -2.30. The van der Waals surface area contributed by atoms with Gasteiger partial charge in [0, 0.05) is 22.2 Å². The molecule has 0 spiro atoms. The molecule has 0 fully saturated rings. The summed E-state index contributed by atoms with van der Waals surface area (Å²) in [6.45, 7) is 3.33. The lowest BCUT2D eigenvalue weighted by atomic mass is 10.0. The largest absolute Gasteiger partial charge is 0.449 e. The number of aryl methyl sites for hydroxylation is 1. The van der Waals surface area contributed by atoms with Crippen molar-refractivity contribution in [3.63, 3.8) is 0 Å². The van der Waals surface area contributed by atoms with E-state index >= 15 is 0 Å². The number of anilines is 1. The number of rotatable bonds is 5. The quantitative estimate of drug-likeness (QED) is 0.444. The van der Waals surface area contributed by atoms with Gasteiger partial charge in [-0.15, -0.1) is 0 Å². The van der Waals surface area contributed by atoms with Crippen LogP contribution in [0.2, 0.25) is 0 Å². The summed E-state index contributed by atoms with van der Waals surface area (Å²) < 4.78 is 11.0. The predicted octanol–water partition coefficient (Wildman–Crippen LogP) is 5.59. The van der Waals surface area contributed by atoms with Gasteiger partial charge < -0.3 is 14.5 Å². The molecular weight excluding hydrogens is 378 g/mol. The zero-order valence-electron chi connectivity index (χ0n) is 16.7. The fourth-order valence-corrected chi connectivity index (χ4v) is 3.33. The van der Waals surface area contributed by atoms with Crippen molar-refractivity contribution in [1.82, 2.24) is 0 Å². The number of para-hydroxylation sites is 2. The van der Waals surface area contributed by atoms with E-state index in [2.05, 4.69) is 5.32 Å². The van der Waals surface area contributed by atoms with Crippen molar-refractivity contribution in [3.05, 3.63) is 90.2 Å². The van der Waals surface area contributed by atoms with Gasteiger partial charge in [0.1, 0.15) is 5.58 Å². The number of fused-ring (bicyclic) bond motifs is 1. The summed E-state index contributed by atoms with van der Waals surface area (Å²) in [5.41, 5.74) is 3.82. The number of ether oxygens (including phenoxy) is 1. The smallest absolute Gasteiger partial charge is 0.375 e. The Morgan fingerprint density at radius 1 is 0.900 bits per heavy atom. The van der Waals surface area contributed by atoms with E-state index in [1.54, 1.807) is 13.0 Å². The molecule has 3 aromatic carbocycles. The van der Waals surface area contributed by atoms with E-state index in [1.165, 1.54) is 6.92 Å². The number of furan rings is 1. The minimum absolute atomic E-state index is 0.112.